The molecule has 1 atom stereocenters. The van der Waals surface area contributed by atoms with Gasteiger partial charge in [0.25, 0.3) is 5.56 Å². The van der Waals surface area contributed by atoms with Crippen LogP contribution in [0.2, 0.25) is 4.34 Å². The van der Waals surface area contributed by atoms with Gasteiger partial charge in [0, 0.05) is 23.1 Å². The Bertz CT molecular complexity index is 1720. The van der Waals surface area contributed by atoms with Crippen LogP contribution < -0.4 is 15.0 Å². The van der Waals surface area contributed by atoms with Gasteiger partial charge in [0.05, 0.1) is 27.6 Å². The third-order valence-corrected chi connectivity index (χ3v) is 8.28. The van der Waals surface area contributed by atoms with Crippen LogP contribution in [0.15, 0.2) is 41.2 Å². The Morgan fingerprint density at radius 2 is 1.98 bits per heavy atom. The molecule has 7 nitrogen and oxygen atoms in total. The second kappa shape index (κ2) is 11.1. The number of carboxylic acid groups (broad SMARTS) is 1. The summed E-state index contributed by atoms with van der Waals surface area (Å²) in [5.74, 6) is -1.12. The zero-order chi connectivity index (χ0) is 29.6. The van der Waals surface area contributed by atoms with Crippen LogP contribution in [0.25, 0.3) is 21.9 Å². The topological polar surface area (TPSA) is 87.0 Å². The number of benzene rings is 2. The maximum atomic E-state index is 15.5. The molecule has 1 aliphatic rings. The molecule has 41 heavy (non-hydrogen) atoms. The lowest BCUT2D eigenvalue weighted by atomic mass is 9.87. The number of ether oxygens (including phenoxy) is 3. The molecule has 0 aliphatic carbocycles. The van der Waals surface area contributed by atoms with Crippen LogP contribution in [0.5, 0.6) is 11.5 Å². The quantitative estimate of drug-likeness (QED) is 0.241. The SMILES string of the molecule is Cc1c(-c2c([C@H](OC(C)(C)C)C(=O)O)n(C)c(=O)c3cc(OCc4ccc(Cl)s4)ccc23)cc(F)c2c1CCCO2. The normalized spacial score (nSPS) is 14.0. The number of carboxylic acids is 1. The number of aromatic nitrogens is 1. The zero-order valence-corrected chi connectivity index (χ0v) is 25.0. The average Bonchev–Trinajstić information content (AvgIpc) is 3.35. The number of hydrogen-bond acceptors (Lipinski definition) is 6. The van der Waals surface area contributed by atoms with Gasteiger partial charge in [-0.05, 0) is 93.4 Å². The van der Waals surface area contributed by atoms with E-state index in [1.54, 1.807) is 45.0 Å². The molecule has 0 saturated carbocycles. The van der Waals surface area contributed by atoms with Crippen molar-refractivity contribution in [1.29, 1.82) is 0 Å². The fraction of sp³-hybridized carbons (Fsp3) is 0.355. The molecule has 3 heterocycles. The number of aliphatic carboxylic acids is 1. The van der Waals surface area contributed by atoms with Crippen LogP contribution in [0.4, 0.5) is 4.39 Å². The van der Waals surface area contributed by atoms with E-state index in [1.807, 2.05) is 13.0 Å². The second-order valence-electron chi connectivity index (χ2n) is 11.1. The number of pyridine rings is 1. The van der Waals surface area contributed by atoms with E-state index in [-0.39, 0.29) is 18.1 Å². The molecule has 216 valence electrons. The smallest absolute Gasteiger partial charge is 0.339 e. The van der Waals surface area contributed by atoms with Gasteiger partial charge in [-0.15, -0.1) is 11.3 Å². The largest absolute Gasteiger partial charge is 0.490 e. The molecule has 2 aromatic carbocycles. The molecule has 2 aromatic heterocycles. The molecule has 10 heteroatoms. The molecular formula is C31H31ClFNO6S. The van der Waals surface area contributed by atoms with Crippen LogP contribution in [0, 0.1) is 12.7 Å². The molecule has 0 bridgehead atoms. The van der Waals surface area contributed by atoms with E-state index in [9.17, 15) is 14.7 Å². The molecule has 0 amide bonds. The molecule has 0 unspecified atom stereocenters. The third-order valence-electron chi connectivity index (χ3n) is 7.07. The van der Waals surface area contributed by atoms with Crippen molar-refractivity contribution in [1.82, 2.24) is 4.57 Å². The molecule has 5 rings (SSSR count). The van der Waals surface area contributed by atoms with Crippen molar-refractivity contribution in [3.05, 3.63) is 78.6 Å². The average molecular weight is 600 g/mol. The van der Waals surface area contributed by atoms with Gasteiger partial charge >= 0.3 is 5.97 Å². The lowest BCUT2D eigenvalue weighted by Gasteiger charge is -2.29. The number of halogens is 2. The van der Waals surface area contributed by atoms with E-state index < -0.39 is 29.1 Å². The fourth-order valence-corrected chi connectivity index (χ4v) is 6.27. The van der Waals surface area contributed by atoms with Crippen molar-refractivity contribution >= 4 is 39.7 Å². The number of thiophene rings is 1. The van der Waals surface area contributed by atoms with E-state index in [1.165, 1.54) is 29.0 Å². The lowest BCUT2D eigenvalue weighted by molar-refractivity contribution is -0.161. The van der Waals surface area contributed by atoms with Crippen molar-refractivity contribution in [2.75, 3.05) is 6.61 Å². The van der Waals surface area contributed by atoms with Crippen molar-refractivity contribution in [3.8, 4) is 22.6 Å². The predicted molar refractivity (Wildman–Crippen MR) is 158 cm³/mol. The lowest BCUT2D eigenvalue weighted by Crippen LogP contribution is -2.33. The Morgan fingerprint density at radius 3 is 2.63 bits per heavy atom. The van der Waals surface area contributed by atoms with Crippen LogP contribution in [-0.2, 0) is 29.6 Å². The van der Waals surface area contributed by atoms with Crippen LogP contribution in [0.3, 0.4) is 0 Å². The first kappa shape index (κ1) is 29.1. The highest BCUT2D eigenvalue weighted by atomic mass is 35.5. The summed E-state index contributed by atoms with van der Waals surface area (Å²) in [6.07, 6.45) is -0.142. The van der Waals surface area contributed by atoms with Gasteiger partial charge in [-0.2, -0.15) is 0 Å². The maximum Gasteiger partial charge on any atom is 0.339 e. The monoisotopic (exact) mass is 599 g/mol. The van der Waals surface area contributed by atoms with Crippen molar-refractivity contribution in [2.24, 2.45) is 7.05 Å². The first-order chi connectivity index (χ1) is 19.4. The van der Waals surface area contributed by atoms with Crippen molar-refractivity contribution < 1.29 is 28.5 Å². The summed E-state index contributed by atoms with van der Waals surface area (Å²) in [6, 6.07) is 10.1. The van der Waals surface area contributed by atoms with Gasteiger partial charge in [-0.3, -0.25) is 4.79 Å². The van der Waals surface area contributed by atoms with Gasteiger partial charge in [-0.1, -0.05) is 11.6 Å². The first-order valence-electron chi connectivity index (χ1n) is 13.2. The predicted octanol–water partition coefficient (Wildman–Crippen LogP) is 7.21. The number of rotatable bonds is 7. The first-order valence-corrected chi connectivity index (χ1v) is 14.4. The Kier molecular flexibility index (Phi) is 7.89. The summed E-state index contributed by atoms with van der Waals surface area (Å²) >= 11 is 7.44. The standard InChI is InChI=1S/C31H31ClFNO6S/c1-16-19-7-6-12-38-27(19)23(33)14-21(16)25-20-10-8-17(39-15-18-9-11-24(32)41-18)13-22(20)29(35)34(5)26(25)28(30(36)37)40-31(2,3)4/h8-11,13-14,28H,6-7,12,15H2,1-5H3,(H,36,37)/t28-/m0/s1. The molecule has 1 aliphatic heterocycles. The van der Waals surface area contributed by atoms with E-state index in [0.29, 0.717) is 45.0 Å². The summed E-state index contributed by atoms with van der Waals surface area (Å²) in [6.45, 7) is 7.79. The molecule has 0 saturated heterocycles. The highest BCUT2D eigenvalue weighted by molar-refractivity contribution is 7.16. The van der Waals surface area contributed by atoms with E-state index in [2.05, 4.69) is 0 Å². The molecule has 4 aromatic rings. The van der Waals surface area contributed by atoms with E-state index >= 15 is 4.39 Å². The van der Waals surface area contributed by atoms with Gasteiger partial charge in [-0.25, -0.2) is 9.18 Å². The second-order valence-corrected chi connectivity index (χ2v) is 12.9. The van der Waals surface area contributed by atoms with Crippen LogP contribution in [0.1, 0.15) is 55.0 Å². The number of fused-ring (bicyclic) bond motifs is 2. The Balaban J connectivity index is 1.78. The van der Waals surface area contributed by atoms with Crippen LogP contribution >= 0.6 is 22.9 Å². The summed E-state index contributed by atoms with van der Waals surface area (Å²) in [5.41, 5.74) is 1.25. The zero-order valence-electron chi connectivity index (χ0n) is 23.5. The summed E-state index contributed by atoms with van der Waals surface area (Å²) < 4.78 is 35.1. The van der Waals surface area contributed by atoms with Crippen molar-refractivity contribution in [3.63, 3.8) is 0 Å². The summed E-state index contributed by atoms with van der Waals surface area (Å²) in [5, 5.41) is 11.1. The molecule has 1 N–H and O–H groups in total. The fourth-order valence-electron chi connectivity index (χ4n) is 5.27. The Morgan fingerprint density at radius 1 is 1.22 bits per heavy atom. The van der Waals surface area contributed by atoms with Gasteiger partial charge in [0.2, 0.25) is 0 Å². The van der Waals surface area contributed by atoms with Gasteiger partial charge in [0.1, 0.15) is 12.4 Å². The Labute approximate surface area is 246 Å². The van der Waals surface area contributed by atoms with E-state index in [4.69, 9.17) is 25.8 Å². The molecule has 0 radical (unpaired) electrons. The minimum absolute atomic E-state index is 0.131. The third kappa shape index (κ3) is 5.71. The van der Waals surface area contributed by atoms with Gasteiger partial charge in [0.15, 0.2) is 17.7 Å². The summed E-state index contributed by atoms with van der Waals surface area (Å²) in [4.78, 5) is 27.4. The molecule has 0 fully saturated rings. The van der Waals surface area contributed by atoms with Crippen LogP contribution in [-0.4, -0.2) is 27.9 Å². The van der Waals surface area contributed by atoms with E-state index in [0.717, 1.165) is 22.4 Å². The molecule has 0 spiro atoms. The highest BCUT2D eigenvalue weighted by Crippen LogP contribution is 2.43. The Hall–Kier alpha value is -3.40. The maximum absolute atomic E-state index is 15.5. The minimum atomic E-state index is -1.50. The minimum Gasteiger partial charge on any atom is -0.490 e. The van der Waals surface area contributed by atoms with Crippen molar-refractivity contribution in [2.45, 2.75) is 58.8 Å². The molecular weight excluding hydrogens is 569 g/mol. The number of carbonyl (C=O) groups is 1. The number of hydrogen-bond donors (Lipinski definition) is 1. The highest BCUT2D eigenvalue weighted by Gasteiger charge is 2.34. The summed E-state index contributed by atoms with van der Waals surface area (Å²) in [7, 11) is 1.51. The van der Waals surface area contributed by atoms with Gasteiger partial charge < -0.3 is 23.9 Å². The number of nitrogens with zero attached hydrogens (tertiary/aromatic N) is 1.